The smallest absolute Gasteiger partial charge is 0.0141 e. The van der Waals surface area contributed by atoms with Crippen molar-refractivity contribution in [2.45, 2.75) is 34.1 Å². The Morgan fingerprint density at radius 2 is 1.93 bits per heavy atom. The molecule has 7 aliphatic rings. The molecule has 14 heavy (non-hydrogen) atoms. The van der Waals surface area contributed by atoms with Gasteiger partial charge in [0.25, 0.3) is 0 Å². The van der Waals surface area contributed by atoms with E-state index in [-0.39, 0.29) is 0 Å². The van der Waals surface area contributed by atoms with Crippen molar-refractivity contribution in [3.8, 4) is 0 Å². The van der Waals surface area contributed by atoms with Crippen molar-refractivity contribution in [1.29, 1.82) is 0 Å². The SMILES string of the molecule is CC1C2C34CC5C(C3C15C)[C@@]24C(C)C. The summed E-state index contributed by atoms with van der Waals surface area (Å²) in [5, 5.41) is 0. The largest absolute Gasteiger partial charge is 0.0622 e. The van der Waals surface area contributed by atoms with Gasteiger partial charge in [-0.2, -0.15) is 0 Å². The standard InChI is InChI=1S/C14H20/c1-6(2)14-9-8-5-13(14)10(14)7(3)12(8,4)11(9)13/h6-11H,5H2,1-4H3/t7?,8?,9?,10?,11?,12?,13?,14-/m0/s1. The van der Waals surface area contributed by atoms with Crippen LogP contribution >= 0.6 is 0 Å². The maximum atomic E-state index is 2.62. The van der Waals surface area contributed by atoms with E-state index in [2.05, 4.69) is 27.7 Å². The van der Waals surface area contributed by atoms with Gasteiger partial charge in [-0.05, 0) is 58.2 Å². The fraction of sp³-hybridized carbons (Fsp3) is 1.00. The van der Waals surface area contributed by atoms with E-state index in [0.29, 0.717) is 0 Å². The lowest BCUT2D eigenvalue weighted by Gasteiger charge is -2.69. The third-order valence-corrected chi connectivity index (χ3v) is 8.15. The third-order valence-electron chi connectivity index (χ3n) is 8.15. The van der Waals surface area contributed by atoms with Crippen molar-refractivity contribution >= 4 is 0 Å². The first-order chi connectivity index (χ1) is 6.55. The molecule has 8 atom stereocenters. The minimum atomic E-state index is 0.825. The Morgan fingerprint density at radius 1 is 1.21 bits per heavy atom. The maximum Gasteiger partial charge on any atom is -0.0141 e. The highest BCUT2D eigenvalue weighted by Gasteiger charge is 3.09. The van der Waals surface area contributed by atoms with Crippen LogP contribution in [-0.4, -0.2) is 0 Å². The molecule has 0 heterocycles. The first kappa shape index (κ1) is 7.30. The molecule has 0 aliphatic heterocycles. The molecule has 0 N–H and O–H groups in total. The Morgan fingerprint density at radius 3 is 2.36 bits per heavy atom. The fourth-order valence-electron chi connectivity index (χ4n) is 8.39. The molecule has 5 bridgehead atoms. The average molecular weight is 188 g/mol. The first-order valence-electron chi connectivity index (χ1n) is 6.55. The van der Waals surface area contributed by atoms with Gasteiger partial charge in [0.15, 0.2) is 0 Å². The predicted octanol–water partition coefficient (Wildman–Crippen LogP) is 3.18. The van der Waals surface area contributed by atoms with Gasteiger partial charge in [-0.1, -0.05) is 27.7 Å². The van der Waals surface area contributed by atoms with Crippen LogP contribution in [0.5, 0.6) is 0 Å². The number of hydrogen-bond acceptors (Lipinski definition) is 0. The van der Waals surface area contributed by atoms with E-state index in [1.165, 1.54) is 17.8 Å². The summed E-state index contributed by atoms with van der Waals surface area (Å²) in [6.07, 6.45) is 1.64. The van der Waals surface area contributed by atoms with Crippen molar-refractivity contribution in [3.63, 3.8) is 0 Å². The summed E-state index contributed by atoms with van der Waals surface area (Å²) in [5.74, 6) is 6.77. The van der Waals surface area contributed by atoms with Crippen molar-refractivity contribution in [2.24, 2.45) is 51.8 Å². The normalized spacial score (nSPS) is 84.2. The van der Waals surface area contributed by atoms with Gasteiger partial charge in [-0.15, -0.1) is 0 Å². The van der Waals surface area contributed by atoms with Gasteiger partial charge in [0.1, 0.15) is 0 Å². The highest BCUT2D eigenvalue weighted by atomic mass is 15.1. The zero-order valence-electron chi connectivity index (χ0n) is 9.67. The molecular weight excluding hydrogens is 168 g/mol. The predicted molar refractivity (Wildman–Crippen MR) is 55.6 cm³/mol. The molecule has 1 spiro atoms. The Labute approximate surface area is 86.5 Å². The summed E-state index contributed by atoms with van der Waals surface area (Å²) < 4.78 is 0. The second-order valence-electron chi connectivity index (χ2n) is 7.57. The Bertz CT molecular complexity index is 379. The van der Waals surface area contributed by atoms with Gasteiger partial charge >= 0.3 is 0 Å². The second kappa shape index (κ2) is 1.37. The number of hydrogen-bond donors (Lipinski definition) is 0. The van der Waals surface area contributed by atoms with Crippen LogP contribution in [0.1, 0.15) is 34.1 Å². The van der Waals surface area contributed by atoms with Crippen molar-refractivity contribution < 1.29 is 0 Å². The molecule has 0 saturated heterocycles. The Kier molecular flexibility index (Phi) is 0.713. The van der Waals surface area contributed by atoms with Crippen LogP contribution in [0, 0.1) is 51.8 Å². The highest BCUT2D eigenvalue weighted by Crippen LogP contribution is 3.12. The molecule has 0 heteroatoms. The molecule has 0 radical (unpaired) electrons. The van der Waals surface area contributed by atoms with Crippen molar-refractivity contribution in [3.05, 3.63) is 0 Å². The van der Waals surface area contributed by atoms with E-state index in [9.17, 15) is 0 Å². The van der Waals surface area contributed by atoms with Gasteiger partial charge in [0.05, 0.1) is 0 Å². The lowest BCUT2D eigenvalue weighted by atomic mass is 9.35. The molecule has 7 saturated carbocycles. The summed E-state index contributed by atoms with van der Waals surface area (Å²) in [6.45, 7) is 10.2. The molecule has 7 rings (SSSR count). The Balaban J connectivity index is 1.78. The quantitative estimate of drug-likeness (QED) is 0.593. The Hall–Kier alpha value is 0. The number of rotatable bonds is 1. The van der Waals surface area contributed by atoms with Crippen molar-refractivity contribution in [1.82, 2.24) is 0 Å². The zero-order valence-corrected chi connectivity index (χ0v) is 9.67. The monoisotopic (exact) mass is 188 g/mol. The lowest BCUT2D eigenvalue weighted by Crippen LogP contribution is -2.65. The molecular formula is C14H20. The second-order valence-corrected chi connectivity index (χ2v) is 7.57. The molecule has 7 fully saturated rings. The van der Waals surface area contributed by atoms with Gasteiger partial charge in [-0.25, -0.2) is 0 Å². The third kappa shape index (κ3) is 0.280. The summed E-state index contributed by atoms with van der Waals surface area (Å²) in [7, 11) is 0. The van der Waals surface area contributed by atoms with Crippen LogP contribution < -0.4 is 0 Å². The first-order valence-corrected chi connectivity index (χ1v) is 6.55. The summed E-state index contributed by atoms with van der Waals surface area (Å²) in [5.41, 5.74) is 2.64. The van der Waals surface area contributed by atoms with Gasteiger partial charge in [-0.3, -0.25) is 0 Å². The molecule has 0 aromatic rings. The average Bonchev–Trinajstić information content (AvgIpc) is 2.47. The summed E-state index contributed by atoms with van der Waals surface area (Å²) >= 11 is 0. The molecule has 0 nitrogen and oxygen atoms in total. The minimum absolute atomic E-state index is 0.825. The molecule has 0 aromatic carbocycles. The van der Waals surface area contributed by atoms with E-state index < -0.39 is 0 Å². The molecule has 7 aliphatic carbocycles. The lowest BCUT2D eigenvalue weighted by molar-refractivity contribution is -0.222. The molecule has 76 valence electrons. The van der Waals surface area contributed by atoms with Crippen LogP contribution in [0.3, 0.4) is 0 Å². The maximum absolute atomic E-state index is 2.62. The van der Waals surface area contributed by atoms with E-state index >= 15 is 0 Å². The van der Waals surface area contributed by atoms with Gasteiger partial charge in [0.2, 0.25) is 0 Å². The van der Waals surface area contributed by atoms with E-state index in [1.807, 2.05) is 0 Å². The van der Waals surface area contributed by atoms with E-state index in [4.69, 9.17) is 0 Å². The molecule has 7 unspecified atom stereocenters. The summed E-state index contributed by atoms with van der Waals surface area (Å²) in [4.78, 5) is 0. The minimum Gasteiger partial charge on any atom is -0.0622 e. The van der Waals surface area contributed by atoms with E-state index in [1.54, 1.807) is 6.42 Å². The van der Waals surface area contributed by atoms with Gasteiger partial charge < -0.3 is 0 Å². The van der Waals surface area contributed by atoms with Crippen LogP contribution in [0.4, 0.5) is 0 Å². The molecule has 0 amide bonds. The van der Waals surface area contributed by atoms with Crippen LogP contribution in [-0.2, 0) is 0 Å². The molecule has 0 aromatic heterocycles. The zero-order chi connectivity index (χ0) is 9.67. The van der Waals surface area contributed by atoms with Gasteiger partial charge in [0, 0.05) is 0 Å². The van der Waals surface area contributed by atoms with Crippen molar-refractivity contribution in [2.75, 3.05) is 0 Å². The summed E-state index contributed by atoms with van der Waals surface area (Å²) in [6, 6.07) is 0. The van der Waals surface area contributed by atoms with Crippen LogP contribution in [0.2, 0.25) is 0 Å². The van der Waals surface area contributed by atoms with Crippen LogP contribution in [0.15, 0.2) is 0 Å². The van der Waals surface area contributed by atoms with E-state index in [0.717, 1.165) is 34.0 Å². The highest BCUT2D eigenvalue weighted by molar-refractivity contribution is 5.55. The van der Waals surface area contributed by atoms with Crippen LogP contribution in [0.25, 0.3) is 0 Å². The fourth-order valence-corrected chi connectivity index (χ4v) is 8.39. The topological polar surface area (TPSA) is 0 Å².